The average Bonchev–Trinajstić information content (AvgIpc) is 3.40. The van der Waals surface area contributed by atoms with Crippen molar-refractivity contribution < 1.29 is 23.1 Å². The SMILES string of the molecule is CC(C)[C@@H](NC(=O)[C@@H]1CCN(S(=O)(=O)c2ccccc2)C1)C(=O)N1CC[C@](O)(c2ccc(Cl)cc2)C(C)(C)C1. The summed E-state index contributed by atoms with van der Waals surface area (Å²) >= 11 is 6.04. The van der Waals surface area contributed by atoms with E-state index in [1.54, 1.807) is 47.4 Å². The minimum atomic E-state index is -3.69. The lowest BCUT2D eigenvalue weighted by atomic mass is 9.66. The van der Waals surface area contributed by atoms with Crippen LogP contribution < -0.4 is 5.32 Å². The molecule has 4 rings (SSSR count). The molecule has 0 saturated carbocycles. The highest BCUT2D eigenvalue weighted by atomic mass is 35.5. The number of rotatable bonds is 7. The van der Waals surface area contributed by atoms with E-state index >= 15 is 0 Å². The fourth-order valence-electron chi connectivity index (χ4n) is 5.65. The van der Waals surface area contributed by atoms with E-state index in [0.717, 1.165) is 5.56 Å². The standard InChI is InChI=1S/C29H38ClN3O5S/c1-20(2)25(31-26(34)21-14-16-33(18-21)39(37,38)24-8-6-5-7-9-24)27(35)32-17-15-29(36,28(3,4)19-32)22-10-12-23(30)13-11-22/h5-13,20-21,25,36H,14-19H2,1-4H3,(H,31,34)/t21-,25-,29+/m1/s1. The topological polar surface area (TPSA) is 107 Å². The van der Waals surface area contributed by atoms with Crippen LogP contribution in [-0.4, -0.2) is 66.8 Å². The van der Waals surface area contributed by atoms with Gasteiger partial charge >= 0.3 is 0 Å². The summed E-state index contributed by atoms with van der Waals surface area (Å²) in [7, 11) is -3.69. The highest BCUT2D eigenvalue weighted by Gasteiger charge is 2.50. The number of nitrogens with zero attached hydrogens (tertiary/aromatic N) is 2. The first-order chi connectivity index (χ1) is 18.3. The Labute approximate surface area is 236 Å². The van der Waals surface area contributed by atoms with Crippen LogP contribution >= 0.6 is 11.6 Å². The Bertz CT molecular complexity index is 1300. The van der Waals surface area contributed by atoms with Gasteiger partial charge in [0.05, 0.1) is 16.4 Å². The van der Waals surface area contributed by atoms with Crippen molar-refractivity contribution >= 4 is 33.4 Å². The second-order valence-electron chi connectivity index (χ2n) is 11.7. The fourth-order valence-corrected chi connectivity index (χ4v) is 7.30. The number of aliphatic hydroxyl groups is 1. The van der Waals surface area contributed by atoms with E-state index in [-0.39, 0.29) is 35.7 Å². The molecule has 2 N–H and O–H groups in total. The molecule has 2 aliphatic heterocycles. The van der Waals surface area contributed by atoms with Crippen LogP contribution in [0, 0.1) is 17.3 Å². The molecule has 0 radical (unpaired) electrons. The second-order valence-corrected chi connectivity index (χ2v) is 14.0. The summed E-state index contributed by atoms with van der Waals surface area (Å²) in [5.41, 5.74) is -1.03. The lowest BCUT2D eigenvalue weighted by Crippen LogP contribution is -2.60. The second kappa shape index (κ2) is 11.2. The van der Waals surface area contributed by atoms with Gasteiger partial charge in [-0.25, -0.2) is 8.42 Å². The maximum Gasteiger partial charge on any atom is 0.245 e. The predicted octanol–water partition coefficient (Wildman–Crippen LogP) is 3.64. The van der Waals surface area contributed by atoms with Gasteiger partial charge in [0.2, 0.25) is 21.8 Å². The largest absolute Gasteiger partial charge is 0.384 e. The van der Waals surface area contributed by atoms with Crippen LogP contribution in [0.25, 0.3) is 0 Å². The predicted molar refractivity (Wildman–Crippen MR) is 150 cm³/mol. The third kappa shape index (κ3) is 5.87. The van der Waals surface area contributed by atoms with Gasteiger partial charge in [0.25, 0.3) is 0 Å². The maximum atomic E-state index is 13.7. The van der Waals surface area contributed by atoms with Gasteiger partial charge in [-0.15, -0.1) is 0 Å². The summed E-state index contributed by atoms with van der Waals surface area (Å²) in [5.74, 6) is -1.23. The molecular weight excluding hydrogens is 538 g/mol. The first-order valence-electron chi connectivity index (χ1n) is 13.4. The minimum Gasteiger partial charge on any atom is -0.384 e. The molecule has 10 heteroatoms. The molecule has 0 aromatic heterocycles. The van der Waals surface area contributed by atoms with Crippen molar-refractivity contribution in [1.82, 2.24) is 14.5 Å². The van der Waals surface area contributed by atoms with Crippen LogP contribution in [0.4, 0.5) is 0 Å². The molecule has 2 fully saturated rings. The van der Waals surface area contributed by atoms with Gasteiger partial charge in [0.1, 0.15) is 6.04 Å². The summed E-state index contributed by atoms with van der Waals surface area (Å²) in [6, 6.07) is 14.6. The van der Waals surface area contributed by atoms with Gasteiger partial charge in [-0.3, -0.25) is 9.59 Å². The Balaban J connectivity index is 1.42. The number of hydrogen-bond acceptors (Lipinski definition) is 5. The molecule has 8 nitrogen and oxygen atoms in total. The number of piperidine rings is 1. The van der Waals surface area contributed by atoms with E-state index in [1.807, 2.05) is 39.8 Å². The number of likely N-dealkylation sites (tertiary alicyclic amines) is 1. The highest BCUT2D eigenvalue weighted by Crippen LogP contribution is 2.46. The Morgan fingerprint density at radius 2 is 1.69 bits per heavy atom. The van der Waals surface area contributed by atoms with E-state index in [9.17, 15) is 23.1 Å². The van der Waals surface area contributed by atoms with E-state index in [1.165, 1.54) is 4.31 Å². The van der Waals surface area contributed by atoms with Crippen LogP contribution in [0.2, 0.25) is 5.02 Å². The van der Waals surface area contributed by atoms with Crippen LogP contribution in [0.1, 0.15) is 46.1 Å². The zero-order chi connectivity index (χ0) is 28.6. The maximum absolute atomic E-state index is 13.7. The van der Waals surface area contributed by atoms with Crippen molar-refractivity contribution in [2.24, 2.45) is 17.3 Å². The van der Waals surface area contributed by atoms with E-state index in [0.29, 0.717) is 31.0 Å². The van der Waals surface area contributed by atoms with Crippen LogP contribution in [0.3, 0.4) is 0 Å². The molecule has 212 valence electrons. The molecule has 0 unspecified atom stereocenters. The number of carbonyl (C=O) groups excluding carboxylic acids is 2. The molecule has 3 atom stereocenters. The highest BCUT2D eigenvalue weighted by molar-refractivity contribution is 7.89. The summed E-state index contributed by atoms with van der Waals surface area (Å²) in [4.78, 5) is 28.8. The van der Waals surface area contributed by atoms with Gasteiger partial charge < -0.3 is 15.3 Å². The molecule has 2 aromatic rings. The van der Waals surface area contributed by atoms with Gasteiger partial charge in [-0.1, -0.05) is 69.6 Å². The Hall–Kier alpha value is -2.46. The minimum absolute atomic E-state index is 0.0763. The Morgan fingerprint density at radius 3 is 2.28 bits per heavy atom. The van der Waals surface area contributed by atoms with Crippen molar-refractivity contribution in [3.05, 3.63) is 65.2 Å². The molecule has 0 spiro atoms. The average molecular weight is 576 g/mol. The fraction of sp³-hybridized carbons (Fsp3) is 0.517. The van der Waals surface area contributed by atoms with Crippen molar-refractivity contribution in [2.45, 2.75) is 57.1 Å². The van der Waals surface area contributed by atoms with Crippen molar-refractivity contribution in [3.8, 4) is 0 Å². The third-order valence-electron chi connectivity index (χ3n) is 8.22. The summed E-state index contributed by atoms with van der Waals surface area (Å²) < 4.78 is 27.3. The van der Waals surface area contributed by atoms with Crippen molar-refractivity contribution in [1.29, 1.82) is 0 Å². The lowest BCUT2D eigenvalue weighted by molar-refractivity contribution is -0.157. The van der Waals surface area contributed by atoms with Gasteiger partial charge in [-0.05, 0) is 48.6 Å². The van der Waals surface area contributed by atoms with Crippen molar-refractivity contribution in [2.75, 3.05) is 26.2 Å². The van der Waals surface area contributed by atoms with Gasteiger partial charge in [0.15, 0.2) is 0 Å². The smallest absolute Gasteiger partial charge is 0.245 e. The Morgan fingerprint density at radius 1 is 1.05 bits per heavy atom. The monoisotopic (exact) mass is 575 g/mol. The van der Waals surface area contributed by atoms with E-state index in [4.69, 9.17) is 11.6 Å². The number of amides is 2. The van der Waals surface area contributed by atoms with Crippen LogP contribution in [-0.2, 0) is 25.2 Å². The third-order valence-corrected chi connectivity index (χ3v) is 10.3. The van der Waals surface area contributed by atoms with E-state index in [2.05, 4.69) is 5.32 Å². The molecule has 2 amide bonds. The number of hydrogen-bond donors (Lipinski definition) is 2. The normalized spacial score (nSPS) is 24.5. The molecular formula is C29H38ClN3O5S. The number of halogens is 1. The zero-order valence-electron chi connectivity index (χ0n) is 22.9. The summed E-state index contributed by atoms with van der Waals surface area (Å²) in [5, 5.41) is 15.2. The first kappa shape index (κ1) is 29.5. The van der Waals surface area contributed by atoms with Crippen molar-refractivity contribution in [3.63, 3.8) is 0 Å². The van der Waals surface area contributed by atoms with Crippen LogP contribution in [0.15, 0.2) is 59.5 Å². The first-order valence-corrected chi connectivity index (χ1v) is 15.2. The summed E-state index contributed by atoms with van der Waals surface area (Å²) in [6.07, 6.45) is 0.739. The number of benzene rings is 2. The van der Waals surface area contributed by atoms with Gasteiger partial charge in [-0.2, -0.15) is 4.31 Å². The molecule has 2 aromatic carbocycles. The quantitative estimate of drug-likeness (QED) is 0.524. The number of carbonyl (C=O) groups is 2. The zero-order valence-corrected chi connectivity index (χ0v) is 24.5. The number of nitrogens with one attached hydrogen (secondary N) is 1. The summed E-state index contributed by atoms with van der Waals surface area (Å²) in [6.45, 7) is 8.61. The number of sulfonamides is 1. The van der Waals surface area contributed by atoms with Crippen LogP contribution in [0.5, 0.6) is 0 Å². The van der Waals surface area contributed by atoms with Gasteiger partial charge in [0, 0.05) is 36.6 Å². The molecule has 39 heavy (non-hydrogen) atoms. The van der Waals surface area contributed by atoms with E-state index < -0.39 is 33.0 Å². The Kier molecular flexibility index (Phi) is 8.47. The molecule has 2 heterocycles. The molecule has 0 bridgehead atoms. The lowest BCUT2D eigenvalue weighted by Gasteiger charge is -2.51. The molecule has 2 aliphatic rings. The molecule has 2 saturated heterocycles. The molecule has 0 aliphatic carbocycles.